The maximum absolute atomic E-state index is 9.89. The zero-order valence-electron chi connectivity index (χ0n) is 15.9. The molecule has 140 valence electrons. The first-order chi connectivity index (χ1) is 11.2. The van der Waals surface area contributed by atoms with Gasteiger partial charge in [-0.3, -0.25) is 5.32 Å². The number of hydrogen-bond donors (Lipinski definition) is 3. The summed E-state index contributed by atoms with van der Waals surface area (Å²) in [5.74, 6) is 0. The summed E-state index contributed by atoms with van der Waals surface area (Å²) < 4.78 is 0. The molecule has 0 rings (SSSR count). The second-order valence-corrected chi connectivity index (χ2v) is 7.02. The van der Waals surface area contributed by atoms with Crippen molar-refractivity contribution in [2.24, 2.45) is 0 Å². The Bertz CT molecular complexity index is 202. The van der Waals surface area contributed by atoms with Crippen molar-refractivity contribution in [1.29, 1.82) is 0 Å². The lowest BCUT2D eigenvalue weighted by Gasteiger charge is -2.18. The van der Waals surface area contributed by atoms with Gasteiger partial charge in [0.05, 0.1) is 0 Å². The quantitative estimate of drug-likeness (QED) is 0.230. The molecule has 0 aliphatic carbocycles. The van der Waals surface area contributed by atoms with E-state index in [2.05, 4.69) is 19.2 Å². The SMILES string of the molecule is CCCCCCCCCC(O)NC(O)CCCCCCCCC. The van der Waals surface area contributed by atoms with Crippen molar-refractivity contribution in [3.8, 4) is 0 Å². The fourth-order valence-corrected chi connectivity index (χ4v) is 2.98. The van der Waals surface area contributed by atoms with Crippen LogP contribution in [0.5, 0.6) is 0 Å². The minimum absolute atomic E-state index is 0.551. The summed E-state index contributed by atoms with van der Waals surface area (Å²) in [6.45, 7) is 4.47. The van der Waals surface area contributed by atoms with Gasteiger partial charge in [-0.05, 0) is 25.7 Å². The molecule has 0 amide bonds. The number of aliphatic hydroxyl groups is 2. The standard InChI is InChI=1S/C20H43NO2/c1-3-5-7-9-11-13-15-17-19(22)21-20(23)18-16-14-12-10-8-6-4-2/h19-23H,3-18H2,1-2H3. The summed E-state index contributed by atoms with van der Waals surface area (Å²) >= 11 is 0. The van der Waals surface area contributed by atoms with Crippen LogP contribution in [0.3, 0.4) is 0 Å². The summed E-state index contributed by atoms with van der Waals surface area (Å²) in [6, 6.07) is 0. The van der Waals surface area contributed by atoms with Gasteiger partial charge in [0, 0.05) is 0 Å². The van der Waals surface area contributed by atoms with E-state index < -0.39 is 12.5 Å². The molecule has 2 unspecified atom stereocenters. The number of aliphatic hydroxyl groups excluding tert-OH is 2. The van der Waals surface area contributed by atoms with Gasteiger partial charge in [0.2, 0.25) is 0 Å². The molecular formula is C20H43NO2. The zero-order chi connectivity index (χ0) is 17.2. The molecular weight excluding hydrogens is 286 g/mol. The molecule has 0 radical (unpaired) electrons. The molecule has 0 aliphatic heterocycles. The van der Waals surface area contributed by atoms with Crippen molar-refractivity contribution in [2.75, 3.05) is 0 Å². The van der Waals surface area contributed by atoms with Crippen LogP contribution >= 0.6 is 0 Å². The van der Waals surface area contributed by atoms with Crippen molar-refractivity contribution in [3.63, 3.8) is 0 Å². The third-order valence-electron chi connectivity index (χ3n) is 4.55. The van der Waals surface area contributed by atoms with Crippen molar-refractivity contribution >= 4 is 0 Å². The third kappa shape index (κ3) is 18.1. The molecule has 0 fully saturated rings. The van der Waals surface area contributed by atoms with Crippen LogP contribution in [0.2, 0.25) is 0 Å². The van der Waals surface area contributed by atoms with Crippen LogP contribution in [-0.4, -0.2) is 22.7 Å². The van der Waals surface area contributed by atoms with E-state index in [9.17, 15) is 10.2 Å². The Labute approximate surface area is 145 Å². The minimum Gasteiger partial charge on any atom is -0.379 e. The maximum Gasteiger partial charge on any atom is 0.106 e. The van der Waals surface area contributed by atoms with E-state index in [1.807, 2.05) is 0 Å². The molecule has 3 nitrogen and oxygen atoms in total. The van der Waals surface area contributed by atoms with Crippen LogP contribution in [0.4, 0.5) is 0 Å². The predicted molar refractivity (Wildman–Crippen MR) is 100 cm³/mol. The number of rotatable bonds is 18. The second-order valence-electron chi connectivity index (χ2n) is 7.02. The molecule has 0 bridgehead atoms. The van der Waals surface area contributed by atoms with Gasteiger partial charge in [0.25, 0.3) is 0 Å². The lowest BCUT2D eigenvalue weighted by Crippen LogP contribution is -2.38. The van der Waals surface area contributed by atoms with Gasteiger partial charge in [-0.1, -0.05) is 90.9 Å². The summed E-state index contributed by atoms with van der Waals surface area (Å²) in [6.07, 6.45) is 18.0. The molecule has 0 aromatic rings. The minimum atomic E-state index is -0.551. The number of hydrogen-bond acceptors (Lipinski definition) is 3. The highest BCUT2D eigenvalue weighted by atomic mass is 16.3. The van der Waals surface area contributed by atoms with Crippen molar-refractivity contribution < 1.29 is 10.2 Å². The van der Waals surface area contributed by atoms with E-state index in [-0.39, 0.29) is 0 Å². The molecule has 2 atom stereocenters. The lowest BCUT2D eigenvalue weighted by atomic mass is 10.1. The highest BCUT2D eigenvalue weighted by Gasteiger charge is 2.09. The highest BCUT2D eigenvalue weighted by molar-refractivity contribution is 4.59. The summed E-state index contributed by atoms with van der Waals surface area (Å²) in [7, 11) is 0. The van der Waals surface area contributed by atoms with Gasteiger partial charge in [-0.2, -0.15) is 0 Å². The van der Waals surface area contributed by atoms with Crippen LogP contribution in [0.1, 0.15) is 117 Å². The molecule has 3 N–H and O–H groups in total. The average Bonchev–Trinajstić information content (AvgIpc) is 2.53. The van der Waals surface area contributed by atoms with Gasteiger partial charge in [0.15, 0.2) is 0 Å². The van der Waals surface area contributed by atoms with E-state index in [1.54, 1.807) is 0 Å². The van der Waals surface area contributed by atoms with Gasteiger partial charge >= 0.3 is 0 Å². The number of unbranched alkanes of at least 4 members (excludes halogenated alkanes) is 12. The molecule has 0 aromatic carbocycles. The smallest absolute Gasteiger partial charge is 0.106 e. The van der Waals surface area contributed by atoms with Crippen molar-refractivity contribution in [1.82, 2.24) is 5.32 Å². The van der Waals surface area contributed by atoms with Crippen LogP contribution in [0.25, 0.3) is 0 Å². The van der Waals surface area contributed by atoms with Gasteiger partial charge in [-0.15, -0.1) is 0 Å². The van der Waals surface area contributed by atoms with Crippen molar-refractivity contribution in [2.45, 2.75) is 129 Å². The molecule has 0 heterocycles. The van der Waals surface area contributed by atoms with E-state index in [4.69, 9.17) is 0 Å². The Morgan fingerprint density at radius 1 is 0.522 bits per heavy atom. The molecule has 3 heteroatoms. The second kappa shape index (κ2) is 18.2. The summed E-state index contributed by atoms with van der Waals surface area (Å²) in [5, 5.41) is 22.7. The normalized spacial score (nSPS) is 14.1. The Hall–Kier alpha value is -0.120. The van der Waals surface area contributed by atoms with Crippen LogP contribution in [-0.2, 0) is 0 Å². The number of nitrogens with one attached hydrogen (secondary N) is 1. The lowest BCUT2D eigenvalue weighted by molar-refractivity contribution is 0.0310. The first-order valence-corrected chi connectivity index (χ1v) is 10.3. The van der Waals surface area contributed by atoms with E-state index in [0.29, 0.717) is 0 Å². The maximum atomic E-state index is 9.89. The van der Waals surface area contributed by atoms with Gasteiger partial charge in [0.1, 0.15) is 12.5 Å². The zero-order valence-corrected chi connectivity index (χ0v) is 15.9. The predicted octanol–water partition coefficient (Wildman–Crippen LogP) is 5.49. The Balaban J connectivity index is 3.32. The largest absolute Gasteiger partial charge is 0.379 e. The average molecular weight is 330 g/mol. The fourth-order valence-electron chi connectivity index (χ4n) is 2.98. The van der Waals surface area contributed by atoms with Crippen LogP contribution in [0.15, 0.2) is 0 Å². The van der Waals surface area contributed by atoms with E-state index in [0.717, 1.165) is 25.7 Å². The van der Waals surface area contributed by atoms with Crippen molar-refractivity contribution in [3.05, 3.63) is 0 Å². The molecule has 0 saturated carbocycles. The third-order valence-corrected chi connectivity index (χ3v) is 4.55. The Morgan fingerprint density at radius 3 is 1.17 bits per heavy atom. The Kier molecular flexibility index (Phi) is 18.1. The molecule has 23 heavy (non-hydrogen) atoms. The topological polar surface area (TPSA) is 52.5 Å². The van der Waals surface area contributed by atoms with E-state index >= 15 is 0 Å². The summed E-state index contributed by atoms with van der Waals surface area (Å²) in [4.78, 5) is 0. The summed E-state index contributed by atoms with van der Waals surface area (Å²) in [5.41, 5.74) is 0. The van der Waals surface area contributed by atoms with Gasteiger partial charge in [-0.25, -0.2) is 0 Å². The van der Waals surface area contributed by atoms with E-state index in [1.165, 1.54) is 77.0 Å². The molecule has 0 aromatic heterocycles. The first-order valence-electron chi connectivity index (χ1n) is 10.3. The monoisotopic (exact) mass is 329 g/mol. The molecule has 0 spiro atoms. The van der Waals surface area contributed by atoms with Crippen LogP contribution in [0, 0.1) is 0 Å². The highest BCUT2D eigenvalue weighted by Crippen LogP contribution is 2.11. The Morgan fingerprint density at radius 2 is 0.826 bits per heavy atom. The molecule has 0 aliphatic rings. The fraction of sp³-hybridized carbons (Fsp3) is 1.00. The van der Waals surface area contributed by atoms with Crippen LogP contribution < -0.4 is 5.32 Å². The van der Waals surface area contributed by atoms with Gasteiger partial charge < -0.3 is 10.2 Å². The first kappa shape index (κ1) is 22.9. The molecule has 0 saturated heterocycles.